The van der Waals surface area contributed by atoms with Crippen LogP contribution in [0.2, 0.25) is 0 Å². The fourth-order valence-corrected chi connectivity index (χ4v) is 0.935. The van der Waals surface area contributed by atoms with E-state index in [0.717, 1.165) is 5.57 Å². The van der Waals surface area contributed by atoms with Crippen LogP contribution in [0, 0.1) is 0 Å². The Morgan fingerprint density at radius 1 is 1.77 bits per heavy atom. The fourth-order valence-electron chi connectivity index (χ4n) is 0.935. The minimum atomic E-state index is -0.0982. The SMILES string of the molecule is C=C(C)COCCn1cc[nH]c1=O. The predicted octanol–water partition coefficient (Wildman–Crippen LogP) is 0.769. The van der Waals surface area contributed by atoms with Crippen molar-refractivity contribution in [3.05, 3.63) is 35.0 Å². The predicted molar refractivity (Wildman–Crippen MR) is 50.7 cm³/mol. The zero-order valence-corrected chi connectivity index (χ0v) is 7.75. The van der Waals surface area contributed by atoms with Gasteiger partial charge in [0.05, 0.1) is 19.8 Å². The highest BCUT2D eigenvalue weighted by Gasteiger charge is 1.94. The molecule has 0 unspecified atom stereocenters. The van der Waals surface area contributed by atoms with Crippen molar-refractivity contribution >= 4 is 0 Å². The molecule has 0 radical (unpaired) electrons. The number of H-pyrrole nitrogens is 1. The monoisotopic (exact) mass is 182 g/mol. The molecule has 0 amide bonds. The summed E-state index contributed by atoms with van der Waals surface area (Å²) >= 11 is 0. The smallest absolute Gasteiger partial charge is 0.325 e. The molecular weight excluding hydrogens is 168 g/mol. The molecule has 1 rings (SSSR count). The Hall–Kier alpha value is -1.29. The van der Waals surface area contributed by atoms with Crippen molar-refractivity contribution in [2.45, 2.75) is 13.5 Å². The van der Waals surface area contributed by atoms with Crippen LogP contribution in [0.4, 0.5) is 0 Å². The van der Waals surface area contributed by atoms with Crippen LogP contribution >= 0.6 is 0 Å². The number of imidazole rings is 1. The first-order valence-electron chi connectivity index (χ1n) is 4.16. The number of nitrogens with zero attached hydrogens (tertiary/aromatic N) is 1. The second-order valence-corrected chi connectivity index (χ2v) is 2.97. The number of hydrogen-bond acceptors (Lipinski definition) is 2. The van der Waals surface area contributed by atoms with Gasteiger partial charge in [0.2, 0.25) is 0 Å². The van der Waals surface area contributed by atoms with Gasteiger partial charge in [-0.15, -0.1) is 0 Å². The second kappa shape index (κ2) is 4.67. The molecule has 0 bridgehead atoms. The normalized spacial score (nSPS) is 10.2. The van der Waals surface area contributed by atoms with E-state index in [0.29, 0.717) is 19.8 Å². The fraction of sp³-hybridized carbons (Fsp3) is 0.444. The van der Waals surface area contributed by atoms with Crippen molar-refractivity contribution in [1.82, 2.24) is 9.55 Å². The van der Waals surface area contributed by atoms with Gasteiger partial charge in [-0.1, -0.05) is 12.2 Å². The number of aromatic nitrogens is 2. The number of aromatic amines is 1. The molecule has 0 spiro atoms. The molecule has 4 heteroatoms. The average molecular weight is 182 g/mol. The van der Waals surface area contributed by atoms with Gasteiger partial charge in [0, 0.05) is 12.4 Å². The van der Waals surface area contributed by atoms with Gasteiger partial charge in [-0.2, -0.15) is 0 Å². The molecule has 0 atom stereocenters. The van der Waals surface area contributed by atoms with Crippen molar-refractivity contribution in [3.8, 4) is 0 Å². The van der Waals surface area contributed by atoms with Crippen molar-refractivity contribution in [1.29, 1.82) is 0 Å². The summed E-state index contributed by atoms with van der Waals surface area (Å²) in [6.45, 7) is 7.28. The van der Waals surface area contributed by atoms with Crippen molar-refractivity contribution in [2.75, 3.05) is 13.2 Å². The lowest BCUT2D eigenvalue weighted by atomic mass is 10.4. The number of rotatable bonds is 5. The average Bonchev–Trinajstić information content (AvgIpc) is 2.45. The highest BCUT2D eigenvalue weighted by molar-refractivity contribution is 4.87. The molecule has 0 aliphatic carbocycles. The maximum absolute atomic E-state index is 11.0. The van der Waals surface area contributed by atoms with E-state index in [9.17, 15) is 4.79 Å². The first-order valence-corrected chi connectivity index (χ1v) is 4.16. The molecule has 0 saturated heterocycles. The van der Waals surface area contributed by atoms with Crippen LogP contribution < -0.4 is 5.69 Å². The maximum atomic E-state index is 11.0. The van der Waals surface area contributed by atoms with Crippen molar-refractivity contribution in [2.24, 2.45) is 0 Å². The number of ether oxygens (including phenoxy) is 1. The van der Waals surface area contributed by atoms with Gasteiger partial charge in [0.15, 0.2) is 0 Å². The van der Waals surface area contributed by atoms with Gasteiger partial charge in [0.1, 0.15) is 0 Å². The minimum absolute atomic E-state index is 0.0982. The van der Waals surface area contributed by atoms with Crippen LogP contribution in [-0.4, -0.2) is 22.8 Å². The Labute approximate surface area is 76.8 Å². The molecular formula is C9H14N2O2. The van der Waals surface area contributed by atoms with E-state index in [4.69, 9.17) is 4.74 Å². The molecule has 0 fully saturated rings. The molecule has 1 N–H and O–H groups in total. The molecule has 0 aliphatic rings. The van der Waals surface area contributed by atoms with E-state index in [1.807, 2.05) is 6.92 Å². The maximum Gasteiger partial charge on any atom is 0.325 e. The van der Waals surface area contributed by atoms with Gasteiger partial charge in [0.25, 0.3) is 0 Å². The summed E-state index contributed by atoms with van der Waals surface area (Å²) in [4.78, 5) is 13.5. The third-order valence-electron chi connectivity index (χ3n) is 1.55. The molecule has 1 aromatic rings. The Balaban J connectivity index is 2.24. The third kappa shape index (κ3) is 3.29. The van der Waals surface area contributed by atoms with E-state index < -0.39 is 0 Å². The van der Waals surface area contributed by atoms with Gasteiger partial charge >= 0.3 is 5.69 Å². The summed E-state index contributed by atoms with van der Waals surface area (Å²) in [6.07, 6.45) is 3.31. The molecule has 13 heavy (non-hydrogen) atoms. The van der Waals surface area contributed by atoms with Crippen LogP contribution in [0.15, 0.2) is 29.3 Å². The van der Waals surface area contributed by atoms with Crippen LogP contribution in [-0.2, 0) is 11.3 Å². The minimum Gasteiger partial charge on any atom is -0.375 e. The van der Waals surface area contributed by atoms with Crippen molar-refractivity contribution in [3.63, 3.8) is 0 Å². The second-order valence-electron chi connectivity index (χ2n) is 2.97. The van der Waals surface area contributed by atoms with E-state index in [2.05, 4.69) is 11.6 Å². The van der Waals surface area contributed by atoms with E-state index in [1.54, 1.807) is 17.0 Å². The molecule has 0 aliphatic heterocycles. The number of nitrogens with one attached hydrogen (secondary N) is 1. The lowest BCUT2D eigenvalue weighted by Gasteiger charge is -2.03. The number of hydrogen-bond donors (Lipinski definition) is 1. The standard InChI is InChI=1S/C9H14N2O2/c1-8(2)7-13-6-5-11-4-3-10-9(11)12/h3-4H,1,5-7H2,2H3,(H,10,12). The first-order chi connectivity index (χ1) is 6.20. The van der Waals surface area contributed by atoms with Crippen LogP contribution in [0.5, 0.6) is 0 Å². The van der Waals surface area contributed by atoms with Crippen molar-refractivity contribution < 1.29 is 4.74 Å². The summed E-state index contributed by atoms with van der Waals surface area (Å²) in [5, 5.41) is 0. The van der Waals surface area contributed by atoms with E-state index in [-0.39, 0.29) is 5.69 Å². The molecule has 72 valence electrons. The van der Waals surface area contributed by atoms with Gasteiger partial charge in [-0.25, -0.2) is 4.79 Å². The topological polar surface area (TPSA) is 47.0 Å². The molecule has 0 aromatic carbocycles. The lowest BCUT2D eigenvalue weighted by Crippen LogP contribution is -2.19. The Morgan fingerprint density at radius 2 is 2.54 bits per heavy atom. The molecule has 4 nitrogen and oxygen atoms in total. The highest BCUT2D eigenvalue weighted by atomic mass is 16.5. The molecule has 0 saturated carbocycles. The zero-order chi connectivity index (χ0) is 9.68. The van der Waals surface area contributed by atoms with E-state index >= 15 is 0 Å². The summed E-state index contributed by atoms with van der Waals surface area (Å²) < 4.78 is 6.82. The zero-order valence-electron chi connectivity index (χ0n) is 7.75. The summed E-state index contributed by atoms with van der Waals surface area (Å²) in [7, 11) is 0. The summed E-state index contributed by atoms with van der Waals surface area (Å²) in [5.41, 5.74) is 0.889. The Morgan fingerprint density at radius 3 is 3.08 bits per heavy atom. The van der Waals surface area contributed by atoms with E-state index in [1.165, 1.54) is 0 Å². The Bertz CT molecular complexity index is 324. The molecule has 1 aromatic heterocycles. The Kier molecular flexibility index (Phi) is 3.52. The largest absolute Gasteiger partial charge is 0.375 e. The summed E-state index contributed by atoms with van der Waals surface area (Å²) in [6, 6.07) is 0. The lowest BCUT2D eigenvalue weighted by molar-refractivity contribution is 0.146. The van der Waals surface area contributed by atoms with Gasteiger partial charge < -0.3 is 9.72 Å². The summed E-state index contributed by atoms with van der Waals surface area (Å²) in [5.74, 6) is 0. The van der Waals surface area contributed by atoms with Gasteiger partial charge in [-0.3, -0.25) is 4.57 Å². The third-order valence-corrected chi connectivity index (χ3v) is 1.55. The molecule has 1 heterocycles. The van der Waals surface area contributed by atoms with Crippen LogP contribution in [0.3, 0.4) is 0 Å². The van der Waals surface area contributed by atoms with Gasteiger partial charge in [-0.05, 0) is 6.92 Å². The highest BCUT2D eigenvalue weighted by Crippen LogP contribution is 1.88. The quantitative estimate of drug-likeness (QED) is 0.540. The van der Waals surface area contributed by atoms with Crippen LogP contribution in [0.25, 0.3) is 0 Å². The first kappa shape index (κ1) is 9.80. The van der Waals surface area contributed by atoms with Crippen LogP contribution in [0.1, 0.15) is 6.92 Å².